The highest BCUT2D eigenvalue weighted by Crippen LogP contribution is 2.27. The minimum atomic E-state index is 0.201. The van der Waals surface area contributed by atoms with Gasteiger partial charge in [0, 0.05) is 25.9 Å². The fourth-order valence-corrected chi connectivity index (χ4v) is 2.41. The van der Waals surface area contributed by atoms with E-state index in [-0.39, 0.29) is 5.91 Å². The standard InChI is InChI=1S/C14H19NO.C2H6.CH2O/c1-11-5-3-4-6-13(9-11)14-7-8-15(10-14)12(2)16;2*1-2/h3-6,9,11,14H,7-8,10H2,1-2H3;1-2H3;1H2. The van der Waals surface area contributed by atoms with E-state index >= 15 is 0 Å². The Morgan fingerprint density at radius 1 is 1.30 bits per heavy atom. The Morgan fingerprint density at radius 2 is 1.95 bits per heavy atom. The van der Waals surface area contributed by atoms with Crippen molar-refractivity contribution in [2.75, 3.05) is 13.1 Å². The summed E-state index contributed by atoms with van der Waals surface area (Å²) in [4.78, 5) is 21.2. The molecule has 2 atom stereocenters. The summed E-state index contributed by atoms with van der Waals surface area (Å²) in [5.41, 5.74) is 1.39. The maximum Gasteiger partial charge on any atom is 0.219 e. The van der Waals surface area contributed by atoms with Crippen LogP contribution in [-0.4, -0.2) is 30.7 Å². The van der Waals surface area contributed by atoms with Gasteiger partial charge in [-0.1, -0.05) is 51.2 Å². The highest BCUT2D eigenvalue weighted by molar-refractivity contribution is 5.73. The Labute approximate surface area is 123 Å². The van der Waals surface area contributed by atoms with Crippen LogP contribution in [0.1, 0.15) is 34.1 Å². The van der Waals surface area contributed by atoms with Gasteiger partial charge in [-0.15, -0.1) is 0 Å². The number of carbonyl (C=O) groups is 2. The fraction of sp³-hybridized carbons (Fsp3) is 0.529. The summed E-state index contributed by atoms with van der Waals surface area (Å²) in [5, 5.41) is 0. The van der Waals surface area contributed by atoms with Crippen molar-refractivity contribution in [1.82, 2.24) is 4.90 Å². The highest BCUT2D eigenvalue weighted by Gasteiger charge is 2.26. The van der Waals surface area contributed by atoms with Gasteiger partial charge in [0.1, 0.15) is 6.79 Å². The molecule has 1 aliphatic carbocycles. The van der Waals surface area contributed by atoms with Crippen molar-refractivity contribution in [3.05, 3.63) is 36.0 Å². The maximum absolute atomic E-state index is 11.3. The maximum atomic E-state index is 11.3. The monoisotopic (exact) mass is 277 g/mol. The molecule has 1 amide bonds. The van der Waals surface area contributed by atoms with E-state index < -0.39 is 0 Å². The highest BCUT2D eigenvalue weighted by atomic mass is 16.2. The third kappa shape index (κ3) is 5.55. The number of hydrogen-bond donors (Lipinski definition) is 0. The number of allylic oxidation sites excluding steroid dienone is 5. The van der Waals surface area contributed by atoms with Crippen LogP contribution in [0, 0.1) is 11.8 Å². The van der Waals surface area contributed by atoms with E-state index in [0.717, 1.165) is 19.5 Å². The zero-order valence-corrected chi connectivity index (χ0v) is 13.1. The van der Waals surface area contributed by atoms with Crippen LogP contribution in [0.2, 0.25) is 0 Å². The van der Waals surface area contributed by atoms with Gasteiger partial charge in [-0.05, 0) is 17.9 Å². The molecular weight excluding hydrogens is 250 g/mol. The first kappa shape index (κ1) is 18.4. The minimum Gasteiger partial charge on any atom is -0.342 e. The lowest BCUT2D eigenvalue weighted by Gasteiger charge is -2.15. The summed E-state index contributed by atoms with van der Waals surface area (Å²) in [5.74, 6) is 1.23. The van der Waals surface area contributed by atoms with Crippen molar-refractivity contribution in [1.29, 1.82) is 0 Å². The summed E-state index contributed by atoms with van der Waals surface area (Å²) >= 11 is 0. The second-order valence-electron chi connectivity index (χ2n) is 4.72. The topological polar surface area (TPSA) is 37.4 Å². The van der Waals surface area contributed by atoms with Gasteiger partial charge in [-0.3, -0.25) is 4.79 Å². The molecule has 1 aliphatic heterocycles. The molecule has 3 nitrogen and oxygen atoms in total. The van der Waals surface area contributed by atoms with Gasteiger partial charge in [0.05, 0.1) is 0 Å². The molecule has 0 saturated carbocycles. The van der Waals surface area contributed by atoms with E-state index in [1.54, 1.807) is 6.92 Å². The van der Waals surface area contributed by atoms with Crippen LogP contribution >= 0.6 is 0 Å². The molecule has 0 aromatic carbocycles. The molecule has 0 aromatic heterocycles. The first-order chi connectivity index (χ1) is 9.66. The molecule has 3 heteroatoms. The zero-order valence-electron chi connectivity index (χ0n) is 13.1. The van der Waals surface area contributed by atoms with E-state index in [2.05, 4.69) is 37.3 Å². The Hall–Kier alpha value is -1.64. The molecule has 0 radical (unpaired) electrons. The van der Waals surface area contributed by atoms with Crippen molar-refractivity contribution < 1.29 is 9.59 Å². The number of rotatable bonds is 1. The number of hydrogen-bond acceptors (Lipinski definition) is 2. The minimum absolute atomic E-state index is 0.201. The van der Waals surface area contributed by atoms with Crippen LogP contribution < -0.4 is 0 Å². The number of amides is 1. The van der Waals surface area contributed by atoms with Crippen molar-refractivity contribution in [2.24, 2.45) is 11.8 Å². The van der Waals surface area contributed by atoms with Gasteiger partial charge in [0.15, 0.2) is 0 Å². The van der Waals surface area contributed by atoms with E-state index in [1.165, 1.54) is 5.57 Å². The smallest absolute Gasteiger partial charge is 0.219 e. The molecule has 20 heavy (non-hydrogen) atoms. The molecule has 2 aliphatic rings. The van der Waals surface area contributed by atoms with Gasteiger partial charge in [0.2, 0.25) is 5.91 Å². The van der Waals surface area contributed by atoms with Gasteiger partial charge in [-0.25, -0.2) is 0 Å². The average molecular weight is 277 g/mol. The van der Waals surface area contributed by atoms with Crippen LogP contribution in [0.5, 0.6) is 0 Å². The molecule has 0 aromatic rings. The second-order valence-corrected chi connectivity index (χ2v) is 4.72. The molecule has 0 bridgehead atoms. The molecule has 1 heterocycles. The Bertz CT molecular complexity index is 382. The van der Waals surface area contributed by atoms with Gasteiger partial charge < -0.3 is 9.69 Å². The third-order valence-corrected chi connectivity index (χ3v) is 3.37. The van der Waals surface area contributed by atoms with E-state index in [0.29, 0.717) is 11.8 Å². The first-order valence-electron chi connectivity index (χ1n) is 7.28. The lowest BCUT2D eigenvalue weighted by molar-refractivity contribution is -0.127. The largest absolute Gasteiger partial charge is 0.342 e. The molecule has 112 valence electrons. The Kier molecular flexibility index (Phi) is 9.35. The molecular formula is C17H27NO2. The zero-order chi connectivity index (χ0) is 15.5. The van der Waals surface area contributed by atoms with Crippen molar-refractivity contribution in [3.63, 3.8) is 0 Å². The Balaban J connectivity index is 0.000000829. The number of likely N-dealkylation sites (tertiary alicyclic amines) is 1. The van der Waals surface area contributed by atoms with Crippen LogP contribution in [0.4, 0.5) is 0 Å². The molecule has 1 saturated heterocycles. The van der Waals surface area contributed by atoms with Crippen LogP contribution in [0.15, 0.2) is 36.0 Å². The van der Waals surface area contributed by atoms with Crippen molar-refractivity contribution in [2.45, 2.75) is 34.1 Å². The summed E-state index contributed by atoms with van der Waals surface area (Å²) in [7, 11) is 0. The SMILES string of the molecule is C=O.CC.CC(=O)N1CCC(C2=CC(C)C=CC=C2)C1. The average Bonchev–Trinajstić information content (AvgIpc) is 2.87. The van der Waals surface area contributed by atoms with Crippen LogP contribution in [-0.2, 0) is 9.59 Å². The summed E-state index contributed by atoms with van der Waals surface area (Å²) in [6, 6.07) is 0. The van der Waals surface area contributed by atoms with E-state index in [4.69, 9.17) is 4.79 Å². The quantitative estimate of drug-likeness (QED) is 0.737. The van der Waals surface area contributed by atoms with Gasteiger partial charge in [-0.2, -0.15) is 0 Å². The predicted molar refractivity (Wildman–Crippen MR) is 84.4 cm³/mol. The third-order valence-electron chi connectivity index (χ3n) is 3.37. The molecule has 2 rings (SSSR count). The summed E-state index contributed by atoms with van der Waals surface area (Å²) in [6.07, 6.45) is 12.0. The number of nitrogens with zero attached hydrogens (tertiary/aromatic N) is 1. The number of carbonyl (C=O) groups excluding carboxylic acids is 2. The first-order valence-corrected chi connectivity index (χ1v) is 7.28. The van der Waals surface area contributed by atoms with Crippen molar-refractivity contribution in [3.8, 4) is 0 Å². The fourth-order valence-electron chi connectivity index (χ4n) is 2.41. The van der Waals surface area contributed by atoms with Gasteiger partial charge >= 0.3 is 0 Å². The molecule has 0 spiro atoms. The van der Waals surface area contributed by atoms with Crippen LogP contribution in [0.3, 0.4) is 0 Å². The summed E-state index contributed by atoms with van der Waals surface area (Å²) in [6.45, 7) is 11.6. The summed E-state index contributed by atoms with van der Waals surface area (Å²) < 4.78 is 0. The second kappa shape index (κ2) is 10.2. The van der Waals surface area contributed by atoms with Gasteiger partial charge in [0.25, 0.3) is 0 Å². The normalized spacial score (nSPS) is 23.8. The lowest BCUT2D eigenvalue weighted by Crippen LogP contribution is -2.26. The van der Waals surface area contributed by atoms with Crippen LogP contribution in [0.25, 0.3) is 0 Å². The van der Waals surface area contributed by atoms with Crippen molar-refractivity contribution >= 4 is 12.7 Å². The predicted octanol–water partition coefficient (Wildman–Crippen LogP) is 3.38. The van der Waals surface area contributed by atoms with E-state index in [1.807, 2.05) is 25.5 Å². The lowest BCUT2D eigenvalue weighted by atomic mass is 9.95. The van der Waals surface area contributed by atoms with E-state index in [9.17, 15) is 4.79 Å². The molecule has 1 fully saturated rings. The molecule has 0 N–H and O–H groups in total. The molecule has 2 unspecified atom stereocenters. The Morgan fingerprint density at radius 3 is 2.50 bits per heavy atom.